The third-order valence-corrected chi connectivity index (χ3v) is 6.33. The van der Waals surface area contributed by atoms with Gasteiger partial charge in [-0.15, -0.1) is 0 Å². The molecule has 1 heterocycles. The molecule has 0 spiro atoms. The van der Waals surface area contributed by atoms with Crippen molar-refractivity contribution < 1.29 is 14.3 Å². The maximum absolute atomic E-state index is 13.7. The zero-order valence-corrected chi connectivity index (χ0v) is 17.5. The number of carbonyl (C=O) groups is 2. The van der Waals surface area contributed by atoms with Gasteiger partial charge in [0, 0.05) is 11.3 Å². The summed E-state index contributed by atoms with van der Waals surface area (Å²) in [5, 5.41) is 9.30. The molecule has 5 rings (SSSR count). The number of esters is 1. The van der Waals surface area contributed by atoms with E-state index in [0.29, 0.717) is 12.0 Å². The number of ketones is 1. The van der Waals surface area contributed by atoms with Crippen LogP contribution in [0.5, 0.6) is 0 Å². The van der Waals surface area contributed by atoms with Gasteiger partial charge in [-0.3, -0.25) is 9.59 Å². The van der Waals surface area contributed by atoms with Gasteiger partial charge in [0.2, 0.25) is 0 Å². The van der Waals surface area contributed by atoms with E-state index in [4.69, 9.17) is 4.74 Å². The number of para-hydroxylation sites is 2. The van der Waals surface area contributed by atoms with Crippen LogP contribution >= 0.6 is 0 Å². The summed E-state index contributed by atoms with van der Waals surface area (Å²) in [6.45, 7) is 1.93. The minimum absolute atomic E-state index is 0.145. The summed E-state index contributed by atoms with van der Waals surface area (Å²) in [5.41, 5.74) is 4.31. The van der Waals surface area contributed by atoms with Gasteiger partial charge in [-0.1, -0.05) is 55.5 Å². The molecule has 0 amide bonds. The largest absolute Gasteiger partial charge is 0.468 e. The number of hydrogen-bond acceptors (Lipinski definition) is 5. The van der Waals surface area contributed by atoms with E-state index < -0.39 is 11.9 Å². The van der Waals surface area contributed by atoms with Crippen molar-refractivity contribution in [2.75, 3.05) is 17.7 Å². The minimum atomic E-state index is -0.795. The van der Waals surface area contributed by atoms with Gasteiger partial charge in [-0.25, -0.2) is 0 Å². The number of ether oxygens (including phenoxy) is 1. The van der Waals surface area contributed by atoms with E-state index in [1.165, 1.54) is 7.11 Å². The van der Waals surface area contributed by atoms with Crippen LogP contribution in [0.1, 0.15) is 24.9 Å². The SMILES string of the molecule is COC(=O)[C@H]1C(=O)C2=C(C[C@@H]1C)Nc1ccccc1N[C@@H]2c1ccc2ccccc2c1. The molecule has 2 aliphatic rings. The van der Waals surface area contributed by atoms with Crippen LogP contribution in [-0.2, 0) is 14.3 Å². The minimum Gasteiger partial charge on any atom is -0.468 e. The van der Waals surface area contributed by atoms with Crippen molar-refractivity contribution >= 4 is 33.9 Å². The van der Waals surface area contributed by atoms with Crippen LogP contribution in [0.4, 0.5) is 11.4 Å². The molecule has 3 aromatic carbocycles. The molecule has 2 N–H and O–H groups in total. The quantitative estimate of drug-likeness (QED) is 0.454. The van der Waals surface area contributed by atoms with E-state index in [2.05, 4.69) is 41.0 Å². The van der Waals surface area contributed by atoms with Crippen molar-refractivity contribution in [1.29, 1.82) is 0 Å². The van der Waals surface area contributed by atoms with Crippen molar-refractivity contribution in [3.8, 4) is 0 Å². The average Bonchev–Trinajstić information content (AvgIpc) is 2.95. The lowest BCUT2D eigenvalue weighted by Crippen LogP contribution is -2.39. The van der Waals surface area contributed by atoms with Crippen LogP contribution < -0.4 is 10.6 Å². The number of nitrogens with one attached hydrogen (secondary N) is 2. The van der Waals surface area contributed by atoms with E-state index >= 15 is 0 Å². The van der Waals surface area contributed by atoms with E-state index in [0.717, 1.165) is 33.4 Å². The Labute approximate surface area is 181 Å². The van der Waals surface area contributed by atoms with Gasteiger partial charge in [0.15, 0.2) is 5.78 Å². The van der Waals surface area contributed by atoms with E-state index in [1.54, 1.807) is 0 Å². The number of Topliss-reactive ketones (excluding diaryl/α,β-unsaturated/α-hetero) is 1. The van der Waals surface area contributed by atoms with Crippen molar-refractivity contribution in [2.24, 2.45) is 11.8 Å². The Hall–Kier alpha value is -3.60. The molecule has 0 unspecified atom stereocenters. The summed E-state index contributed by atoms with van der Waals surface area (Å²) in [5.74, 6) is -1.58. The third-order valence-electron chi connectivity index (χ3n) is 6.33. The number of carbonyl (C=O) groups excluding carboxylic acids is 2. The molecule has 3 atom stereocenters. The number of hydrogen-bond donors (Lipinski definition) is 2. The first-order chi connectivity index (χ1) is 15.1. The lowest BCUT2D eigenvalue weighted by molar-refractivity contribution is -0.151. The van der Waals surface area contributed by atoms with Crippen LogP contribution in [0.25, 0.3) is 10.8 Å². The molecule has 0 saturated heterocycles. The molecule has 0 bridgehead atoms. The summed E-state index contributed by atoms with van der Waals surface area (Å²) in [7, 11) is 1.34. The highest BCUT2D eigenvalue weighted by Gasteiger charge is 2.44. The number of methoxy groups -OCH3 is 1. The smallest absolute Gasteiger partial charge is 0.316 e. The van der Waals surface area contributed by atoms with Crippen LogP contribution in [-0.4, -0.2) is 18.9 Å². The fourth-order valence-corrected chi connectivity index (χ4v) is 4.77. The fraction of sp³-hybridized carbons (Fsp3) is 0.231. The summed E-state index contributed by atoms with van der Waals surface area (Å²) >= 11 is 0. The van der Waals surface area contributed by atoms with Crippen LogP contribution in [0.3, 0.4) is 0 Å². The highest BCUT2D eigenvalue weighted by atomic mass is 16.5. The van der Waals surface area contributed by atoms with Gasteiger partial charge in [0.25, 0.3) is 0 Å². The highest BCUT2D eigenvalue weighted by molar-refractivity contribution is 6.11. The highest BCUT2D eigenvalue weighted by Crippen LogP contribution is 2.44. The summed E-state index contributed by atoms with van der Waals surface area (Å²) in [6, 6.07) is 22.0. The number of anilines is 2. The molecule has 1 aliphatic heterocycles. The van der Waals surface area contributed by atoms with Crippen LogP contribution in [0.2, 0.25) is 0 Å². The van der Waals surface area contributed by atoms with Gasteiger partial charge in [-0.2, -0.15) is 0 Å². The van der Waals surface area contributed by atoms with Crippen molar-refractivity contribution in [3.63, 3.8) is 0 Å². The standard InChI is InChI=1S/C26H24N2O3/c1-15-13-21-23(25(29)22(15)26(30)31-2)24(28-20-10-6-5-9-19(20)27-21)18-12-11-16-7-3-4-8-17(16)14-18/h3-12,14-15,22,24,27-28H,13H2,1-2H3/t15-,22+,24+/m0/s1. The van der Waals surface area contributed by atoms with Crippen molar-refractivity contribution in [3.05, 3.63) is 83.6 Å². The number of benzene rings is 3. The van der Waals surface area contributed by atoms with Gasteiger partial charge in [0.1, 0.15) is 5.92 Å². The molecule has 0 aromatic heterocycles. The van der Waals surface area contributed by atoms with E-state index in [1.807, 2.05) is 43.3 Å². The number of allylic oxidation sites excluding steroid dienone is 1. The van der Waals surface area contributed by atoms with Gasteiger partial charge in [0.05, 0.1) is 24.5 Å². The lowest BCUT2D eigenvalue weighted by atomic mass is 9.74. The molecule has 5 nitrogen and oxygen atoms in total. The van der Waals surface area contributed by atoms with Crippen LogP contribution in [0, 0.1) is 11.8 Å². The van der Waals surface area contributed by atoms with Crippen molar-refractivity contribution in [2.45, 2.75) is 19.4 Å². The number of rotatable bonds is 2. The molecule has 5 heteroatoms. The van der Waals surface area contributed by atoms with Gasteiger partial charge < -0.3 is 15.4 Å². The Balaban J connectivity index is 1.69. The normalized spacial score (nSPS) is 22.6. The first-order valence-electron chi connectivity index (χ1n) is 10.5. The molecule has 0 saturated carbocycles. The second-order valence-electron chi connectivity index (χ2n) is 8.29. The Morgan fingerprint density at radius 2 is 1.68 bits per heavy atom. The lowest BCUT2D eigenvalue weighted by Gasteiger charge is -2.32. The maximum Gasteiger partial charge on any atom is 0.316 e. The molecule has 3 aromatic rings. The van der Waals surface area contributed by atoms with E-state index in [-0.39, 0.29) is 17.7 Å². The first kappa shape index (κ1) is 19.4. The molecule has 31 heavy (non-hydrogen) atoms. The molecular weight excluding hydrogens is 388 g/mol. The molecular formula is C26H24N2O3. The molecule has 0 radical (unpaired) electrons. The summed E-state index contributed by atoms with van der Waals surface area (Å²) in [4.78, 5) is 26.2. The summed E-state index contributed by atoms with van der Waals surface area (Å²) in [6.07, 6.45) is 0.598. The summed E-state index contributed by atoms with van der Waals surface area (Å²) < 4.78 is 4.98. The Kier molecular flexibility index (Phi) is 4.74. The predicted octanol–water partition coefficient (Wildman–Crippen LogP) is 5.07. The van der Waals surface area contributed by atoms with E-state index in [9.17, 15) is 9.59 Å². The predicted molar refractivity (Wildman–Crippen MR) is 122 cm³/mol. The van der Waals surface area contributed by atoms with Gasteiger partial charge >= 0.3 is 5.97 Å². The van der Waals surface area contributed by atoms with Crippen molar-refractivity contribution in [1.82, 2.24) is 0 Å². The number of fused-ring (bicyclic) bond motifs is 2. The molecule has 1 aliphatic carbocycles. The Morgan fingerprint density at radius 1 is 0.968 bits per heavy atom. The second kappa shape index (κ2) is 7.58. The van der Waals surface area contributed by atoms with Crippen LogP contribution in [0.15, 0.2) is 78.0 Å². The molecule has 156 valence electrons. The maximum atomic E-state index is 13.7. The fourth-order valence-electron chi connectivity index (χ4n) is 4.77. The topological polar surface area (TPSA) is 67.4 Å². The van der Waals surface area contributed by atoms with Gasteiger partial charge in [-0.05, 0) is 46.9 Å². The Morgan fingerprint density at radius 3 is 2.45 bits per heavy atom. The average molecular weight is 412 g/mol. The zero-order valence-electron chi connectivity index (χ0n) is 17.5. The first-order valence-corrected chi connectivity index (χ1v) is 10.5. The molecule has 0 fully saturated rings. The zero-order chi connectivity index (χ0) is 21.5. The monoisotopic (exact) mass is 412 g/mol. The third kappa shape index (κ3) is 3.26. The second-order valence-corrected chi connectivity index (χ2v) is 8.29. The Bertz CT molecular complexity index is 1230.